The van der Waals surface area contributed by atoms with Crippen molar-refractivity contribution < 1.29 is 4.74 Å². The lowest BCUT2D eigenvalue weighted by Crippen LogP contribution is -2.14. The third-order valence-corrected chi connectivity index (χ3v) is 4.19. The predicted octanol–water partition coefficient (Wildman–Crippen LogP) is 3.89. The standard InChI is InChI=1S/C14H17ClO/c15-12-5-1-4-11(9-12)13-6-2-3-10-7-8-16-14(10)13/h2-3,6,11-12H,1,4-5,7-9H2. The molecule has 3 rings (SSSR count). The van der Waals surface area contributed by atoms with Gasteiger partial charge in [0.25, 0.3) is 0 Å². The average molecular weight is 237 g/mol. The van der Waals surface area contributed by atoms with Crippen molar-refractivity contribution in [2.75, 3.05) is 6.61 Å². The number of para-hydroxylation sites is 1. The molecule has 1 aliphatic carbocycles. The van der Waals surface area contributed by atoms with Crippen LogP contribution in [0.15, 0.2) is 18.2 Å². The van der Waals surface area contributed by atoms with Gasteiger partial charge >= 0.3 is 0 Å². The molecule has 1 aromatic carbocycles. The quantitative estimate of drug-likeness (QED) is 0.673. The molecule has 1 nitrogen and oxygen atoms in total. The highest BCUT2D eigenvalue weighted by atomic mass is 35.5. The van der Waals surface area contributed by atoms with Crippen LogP contribution >= 0.6 is 11.6 Å². The van der Waals surface area contributed by atoms with Crippen molar-refractivity contribution in [3.63, 3.8) is 0 Å². The van der Waals surface area contributed by atoms with E-state index < -0.39 is 0 Å². The van der Waals surface area contributed by atoms with Crippen LogP contribution in [-0.4, -0.2) is 12.0 Å². The van der Waals surface area contributed by atoms with Crippen LogP contribution < -0.4 is 4.74 Å². The molecular formula is C14H17ClO. The Hall–Kier alpha value is -0.690. The van der Waals surface area contributed by atoms with Crippen LogP contribution in [0.2, 0.25) is 0 Å². The van der Waals surface area contributed by atoms with Crippen molar-refractivity contribution >= 4 is 11.6 Å². The number of hydrogen-bond acceptors (Lipinski definition) is 1. The monoisotopic (exact) mass is 236 g/mol. The lowest BCUT2D eigenvalue weighted by molar-refractivity contribution is 0.345. The largest absolute Gasteiger partial charge is 0.493 e. The molecule has 2 atom stereocenters. The fourth-order valence-electron chi connectivity index (χ4n) is 2.97. The second-order valence-corrected chi connectivity index (χ2v) is 5.51. The van der Waals surface area contributed by atoms with Gasteiger partial charge in [-0.1, -0.05) is 24.6 Å². The molecule has 1 fully saturated rings. The van der Waals surface area contributed by atoms with Crippen molar-refractivity contribution in [3.8, 4) is 5.75 Å². The van der Waals surface area contributed by atoms with Gasteiger partial charge < -0.3 is 4.74 Å². The van der Waals surface area contributed by atoms with E-state index in [9.17, 15) is 0 Å². The molecule has 0 aromatic heterocycles. The molecule has 1 saturated carbocycles. The molecule has 2 unspecified atom stereocenters. The first-order chi connectivity index (χ1) is 7.84. The van der Waals surface area contributed by atoms with E-state index in [1.807, 2.05) is 0 Å². The Morgan fingerprint density at radius 1 is 1.25 bits per heavy atom. The van der Waals surface area contributed by atoms with E-state index >= 15 is 0 Å². The molecule has 2 heteroatoms. The van der Waals surface area contributed by atoms with Gasteiger partial charge in [-0.2, -0.15) is 0 Å². The van der Waals surface area contributed by atoms with Crippen molar-refractivity contribution in [3.05, 3.63) is 29.3 Å². The van der Waals surface area contributed by atoms with Gasteiger partial charge in [0.2, 0.25) is 0 Å². The first-order valence-corrected chi connectivity index (χ1v) is 6.67. The molecule has 0 radical (unpaired) electrons. The van der Waals surface area contributed by atoms with E-state index in [1.165, 1.54) is 36.1 Å². The van der Waals surface area contributed by atoms with E-state index in [4.69, 9.17) is 16.3 Å². The third kappa shape index (κ3) is 1.82. The predicted molar refractivity (Wildman–Crippen MR) is 66.5 cm³/mol. The Morgan fingerprint density at radius 3 is 3.06 bits per heavy atom. The van der Waals surface area contributed by atoms with Crippen LogP contribution in [0, 0.1) is 0 Å². The van der Waals surface area contributed by atoms with E-state index in [2.05, 4.69) is 18.2 Å². The van der Waals surface area contributed by atoms with E-state index in [0.717, 1.165) is 19.4 Å². The summed E-state index contributed by atoms with van der Waals surface area (Å²) in [5.41, 5.74) is 2.79. The average Bonchev–Trinajstić information content (AvgIpc) is 2.76. The fourth-order valence-corrected chi connectivity index (χ4v) is 3.34. The highest BCUT2D eigenvalue weighted by Gasteiger charge is 2.26. The van der Waals surface area contributed by atoms with Crippen LogP contribution in [0.1, 0.15) is 42.7 Å². The molecule has 0 bridgehead atoms. The van der Waals surface area contributed by atoms with Gasteiger partial charge in [0, 0.05) is 11.8 Å². The van der Waals surface area contributed by atoms with Crippen molar-refractivity contribution in [1.82, 2.24) is 0 Å². The molecular weight excluding hydrogens is 220 g/mol. The highest BCUT2D eigenvalue weighted by Crippen LogP contribution is 2.41. The number of rotatable bonds is 1. The minimum Gasteiger partial charge on any atom is -0.493 e. The Bertz CT molecular complexity index is 388. The van der Waals surface area contributed by atoms with Crippen molar-refractivity contribution in [2.45, 2.75) is 43.4 Å². The normalized spacial score (nSPS) is 28.6. The molecule has 1 aliphatic heterocycles. The molecule has 16 heavy (non-hydrogen) atoms. The second kappa shape index (κ2) is 4.29. The summed E-state index contributed by atoms with van der Waals surface area (Å²) in [5, 5.41) is 0.357. The molecule has 1 aromatic rings. The van der Waals surface area contributed by atoms with Gasteiger partial charge in [-0.05, 0) is 36.3 Å². The molecule has 0 amide bonds. The number of fused-ring (bicyclic) bond motifs is 1. The summed E-state index contributed by atoms with van der Waals surface area (Å²) in [6.07, 6.45) is 5.88. The Morgan fingerprint density at radius 2 is 2.19 bits per heavy atom. The summed E-state index contributed by atoms with van der Waals surface area (Å²) in [6, 6.07) is 6.58. The minimum atomic E-state index is 0.357. The summed E-state index contributed by atoms with van der Waals surface area (Å²) in [7, 11) is 0. The van der Waals surface area contributed by atoms with Crippen molar-refractivity contribution in [2.24, 2.45) is 0 Å². The lowest BCUT2D eigenvalue weighted by Gasteiger charge is -2.26. The Kier molecular flexibility index (Phi) is 2.81. The van der Waals surface area contributed by atoms with Gasteiger partial charge in [-0.25, -0.2) is 0 Å². The molecule has 1 heterocycles. The zero-order valence-corrected chi connectivity index (χ0v) is 10.2. The smallest absolute Gasteiger partial charge is 0.126 e. The van der Waals surface area contributed by atoms with Gasteiger partial charge in [0.1, 0.15) is 5.75 Å². The Labute approximate surface area is 102 Å². The summed E-state index contributed by atoms with van der Waals surface area (Å²) in [6.45, 7) is 0.851. The SMILES string of the molecule is ClC1CCCC(c2cccc3c2OCC3)C1. The van der Waals surface area contributed by atoms with Gasteiger partial charge in [-0.15, -0.1) is 11.6 Å². The summed E-state index contributed by atoms with van der Waals surface area (Å²) in [5.74, 6) is 1.78. The third-order valence-electron chi connectivity index (χ3n) is 3.79. The fraction of sp³-hybridized carbons (Fsp3) is 0.571. The zero-order valence-electron chi connectivity index (χ0n) is 9.42. The lowest BCUT2D eigenvalue weighted by atomic mass is 9.83. The second-order valence-electron chi connectivity index (χ2n) is 4.89. The minimum absolute atomic E-state index is 0.357. The van der Waals surface area contributed by atoms with Crippen LogP contribution in [-0.2, 0) is 6.42 Å². The van der Waals surface area contributed by atoms with Crippen LogP contribution in [0.4, 0.5) is 0 Å². The van der Waals surface area contributed by atoms with E-state index in [-0.39, 0.29) is 0 Å². The molecule has 0 spiro atoms. The molecule has 0 N–H and O–H groups in total. The van der Waals surface area contributed by atoms with Crippen LogP contribution in [0.5, 0.6) is 5.75 Å². The van der Waals surface area contributed by atoms with E-state index in [1.54, 1.807) is 0 Å². The molecule has 2 aliphatic rings. The number of halogens is 1. The maximum Gasteiger partial charge on any atom is 0.126 e. The maximum atomic E-state index is 6.27. The zero-order chi connectivity index (χ0) is 11.0. The highest BCUT2D eigenvalue weighted by molar-refractivity contribution is 6.20. The topological polar surface area (TPSA) is 9.23 Å². The van der Waals surface area contributed by atoms with Gasteiger partial charge in [0.15, 0.2) is 0 Å². The van der Waals surface area contributed by atoms with Crippen molar-refractivity contribution in [1.29, 1.82) is 0 Å². The van der Waals surface area contributed by atoms with Gasteiger partial charge in [-0.3, -0.25) is 0 Å². The summed E-state index contributed by atoms with van der Waals surface area (Å²) < 4.78 is 5.77. The molecule has 86 valence electrons. The summed E-state index contributed by atoms with van der Waals surface area (Å²) in [4.78, 5) is 0. The number of hydrogen-bond donors (Lipinski definition) is 0. The van der Waals surface area contributed by atoms with Crippen LogP contribution in [0.25, 0.3) is 0 Å². The number of ether oxygens (including phenoxy) is 1. The first-order valence-electron chi connectivity index (χ1n) is 6.23. The Balaban J connectivity index is 1.91. The maximum absolute atomic E-state index is 6.27. The van der Waals surface area contributed by atoms with Crippen LogP contribution in [0.3, 0.4) is 0 Å². The number of alkyl halides is 1. The van der Waals surface area contributed by atoms with Gasteiger partial charge in [0.05, 0.1) is 6.61 Å². The van der Waals surface area contributed by atoms with E-state index in [0.29, 0.717) is 11.3 Å². The first kappa shape index (κ1) is 10.5. The summed E-state index contributed by atoms with van der Waals surface area (Å²) >= 11 is 6.27. The molecule has 0 saturated heterocycles. The number of benzene rings is 1.